The van der Waals surface area contributed by atoms with Crippen LogP contribution in [0, 0.1) is 11.8 Å². The lowest BCUT2D eigenvalue weighted by molar-refractivity contribution is -0.148. The molecule has 230 valence electrons. The highest BCUT2D eigenvalue weighted by atomic mass is 35.5. The van der Waals surface area contributed by atoms with Crippen molar-refractivity contribution in [2.75, 3.05) is 26.4 Å². The van der Waals surface area contributed by atoms with E-state index < -0.39 is 11.9 Å². The fourth-order valence-electron chi connectivity index (χ4n) is 4.99. The van der Waals surface area contributed by atoms with Crippen molar-refractivity contribution >= 4 is 56.7 Å². The van der Waals surface area contributed by atoms with E-state index in [4.69, 9.17) is 42.1 Å². The van der Waals surface area contributed by atoms with Crippen molar-refractivity contribution in [1.29, 1.82) is 0 Å². The average Bonchev–Trinajstić information content (AvgIpc) is 3.00. The van der Waals surface area contributed by atoms with E-state index in [0.717, 1.165) is 51.4 Å². The van der Waals surface area contributed by atoms with Gasteiger partial charge in [-0.1, -0.05) is 114 Å². The Labute approximate surface area is 259 Å². The Hall–Kier alpha value is -2.70. The van der Waals surface area contributed by atoms with E-state index in [1.807, 2.05) is 24.3 Å². The van der Waals surface area contributed by atoms with Gasteiger partial charge in [0.05, 0.1) is 23.3 Å². The summed E-state index contributed by atoms with van der Waals surface area (Å²) >= 11 is 13.1. The second kappa shape index (κ2) is 17.4. The molecular weight excluding hydrogens is 575 g/mol. The first-order chi connectivity index (χ1) is 20.3. The molecule has 3 aromatic carbocycles. The van der Waals surface area contributed by atoms with Crippen LogP contribution in [0.2, 0.25) is 10.0 Å². The van der Waals surface area contributed by atoms with Crippen molar-refractivity contribution in [2.45, 2.75) is 79.1 Å². The lowest BCUT2D eigenvalue weighted by Crippen LogP contribution is -2.20. The number of ether oxygens (including phenoxy) is 4. The minimum Gasteiger partial charge on any atom is -0.481 e. The summed E-state index contributed by atoms with van der Waals surface area (Å²) in [6, 6.07) is 10.9. The van der Waals surface area contributed by atoms with E-state index in [-0.39, 0.29) is 18.2 Å². The molecule has 0 heterocycles. The van der Waals surface area contributed by atoms with Crippen molar-refractivity contribution in [2.24, 2.45) is 11.8 Å². The molecule has 2 unspecified atom stereocenters. The van der Waals surface area contributed by atoms with Gasteiger partial charge >= 0.3 is 11.9 Å². The molecule has 0 aromatic heterocycles. The molecule has 0 spiro atoms. The number of benzene rings is 3. The molecular formula is C34H44Cl2O6. The van der Waals surface area contributed by atoms with E-state index in [2.05, 4.69) is 27.7 Å². The topological polar surface area (TPSA) is 71.1 Å². The summed E-state index contributed by atoms with van der Waals surface area (Å²) in [7, 11) is 0. The van der Waals surface area contributed by atoms with Gasteiger partial charge in [-0.05, 0) is 36.8 Å². The Kier molecular flexibility index (Phi) is 14.0. The van der Waals surface area contributed by atoms with Crippen molar-refractivity contribution < 1.29 is 28.5 Å². The molecule has 0 saturated heterocycles. The van der Waals surface area contributed by atoms with Gasteiger partial charge in [-0.15, -0.1) is 0 Å². The van der Waals surface area contributed by atoms with Gasteiger partial charge in [0.1, 0.15) is 11.5 Å². The molecule has 42 heavy (non-hydrogen) atoms. The quantitative estimate of drug-likeness (QED) is 0.104. The predicted octanol–water partition coefficient (Wildman–Crippen LogP) is 9.58. The molecule has 0 aliphatic heterocycles. The second-order valence-corrected chi connectivity index (χ2v) is 11.5. The fourth-order valence-corrected chi connectivity index (χ4v) is 5.40. The highest BCUT2D eigenvalue weighted by molar-refractivity contribution is 6.46. The predicted molar refractivity (Wildman–Crippen MR) is 171 cm³/mol. The molecule has 3 aromatic rings. The first-order valence-corrected chi connectivity index (χ1v) is 16.0. The van der Waals surface area contributed by atoms with Crippen molar-refractivity contribution in [3.63, 3.8) is 0 Å². The third-order valence-corrected chi connectivity index (χ3v) is 8.50. The minimum atomic E-state index is -0.451. The molecule has 3 rings (SSSR count). The molecule has 8 heteroatoms. The molecule has 0 aliphatic rings. The summed E-state index contributed by atoms with van der Waals surface area (Å²) in [5, 5.41) is 3.09. The van der Waals surface area contributed by atoms with Crippen LogP contribution in [0.1, 0.15) is 79.1 Å². The molecule has 0 bridgehead atoms. The van der Waals surface area contributed by atoms with E-state index >= 15 is 0 Å². The zero-order chi connectivity index (χ0) is 30.5. The van der Waals surface area contributed by atoms with Crippen LogP contribution < -0.4 is 9.47 Å². The monoisotopic (exact) mass is 618 g/mol. The van der Waals surface area contributed by atoms with Crippen LogP contribution in [-0.2, 0) is 19.1 Å². The van der Waals surface area contributed by atoms with E-state index in [1.165, 1.54) is 0 Å². The third kappa shape index (κ3) is 9.15. The maximum absolute atomic E-state index is 12.7. The zero-order valence-corrected chi connectivity index (χ0v) is 26.8. The highest BCUT2D eigenvalue weighted by Gasteiger charge is 2.22. The average molecular weight is 620 g/mol. The summed E-state index contributed by atoms with van der Waals surface area (Å²) in [6.45, 7) is 8.72. The largest absolute Gasteiger partial charge is 0.481 e. The van der Waals surface area contributed by atoms with Crippen molar-refractivity contribution in [3.05, 3.63) is 46.4 Å². The van der Waals surface area contributed by atoms with Crippen molar-refractivity contribution in [3.8, 4) is 11.5 Å². The number of unbranched alkanes of at least 4 members (excludes halogenated alkanes) is 2. The van der Waals surface area contributed by atoms with Gasteiger partial charge in [0.2, 0.25) is 0 Å². The third-order valence-electron chi connectivity index (χ3n) is 7.70. The van der Waals surface area contributed by atoms with Crippen LogP contribution in [0.3, 0.4) is 0 Å². The smallest absolute Gasteiger partial charge is 0.344 e. The molecule has 0 N–H and O–H groups in total. The maximum atomic E-state index is 12.7. The number of hydrogen-bond acceptors (Lipinski definition) is 6. The van der Waals surface area contributed by atoms with E-state index in [0.29, 0.717) is 63.1 Å². The number of hydrogen-bond donors (Lipinski definition) is 0. The van der Waals surface area contributed by atoms with Gasteiger partial charge < -0.3 is 18.9 Å². The summed E-state index contributed by atoms with van der Waals surface area (Å²) in [6.07, 6.45) is 8.39. The van der Waals surface area contributed by atoms with Gasteiger partial charge in [0.15, 0.2) is 13.2 Å². The Morgan fingerprint density at radius 1 is 0.690 bits per heavy atom. The molecule has 0 saturated carbocycles. The molecule has 6 nitrogen and oxygen atoms in total. The van der Waals surface area contributed by atoms with Crippen LogP contribution in [0.4, 0.5) is 0 Å². The zero-order valence-electron chi connectivity index (χ0n) is 25.3. The number of esters is 2. The van der Waals surface area contributed by atoms with Gasteiger partial charge in [0, 0.05) is 21.5 Å². The first-order valence-electron chi connectivity index (χ1n) is 15.2. The normalized spacial score (nSPS) is 12.7. The van der Waals surface area contributed by atoms with Gasteiger partial charge in [-0.25, -0.2) is 9.59 Å². The Bertz CT molecular complexity index is 1320. The summed E-state index contributed by atoms with van der Waals surface area (Å²) in [5.74, 6) is 0.646. The van der Waals surface area contributed by atoms with Crippen LogP contribution >= 0.6 is 23.2 Å². The molecule has 0 radical (unpaired) electrons. The fraction of sp³-hybridized carbons (Fsp3) is 0.529. The minimum absolute atomic E-state index is 0.257. The molecule has 0 fully saturated rings. The summed E-state index contributed by atoms with van der Waals surface area (Å²) in [5.41, 5.74) is 0. The number of halogens is 2. The second-order valence-electron chi connectivity index (χ2n) is 10.8. The van der Waals surface area contributed by atoms with Gasteiger partial charge in [0.25, 0.3) is 0 Å². The van der Waals surface area contributed by atoms with Crippen LogP contribution in [0.5, 0.6) is 11.5 Å². The van der Waals surface area contributed by atoms with Crippen LogP contribution in [0.15, 0.2) is 36.4 Å². The van der Waals surface area contributed by atoms with Gasteiger partial charge in [-0.3, -0.25) is 0 Å². The van der Waals surface area contributed by atoms with E-state index in [1.54, 1.807) is 12.1 Å². The van der Waals surface area contributed by atoms with Crippen LogP contribution in [-0.4, -0.2) is 38.4 Å². The molecule has 0 aliphatic carbocycles. The van der Waals surface area contributed by atoms with Gasteiger partial charge in [-0.2, -0.15) is 0 Å². The maximum Gasteiger partial charge on any atom is 0.344 e. The number of carbonyl (C=O) groups excluding carboxylic acids is 2. The summed E-state index contributed by atoms with van der Waals surface area (Å²) in [4.78, 5) is 25.4. The SMILES string of the molecule is CCCCC(CC)COC(=O)COc1c2ccccc2c(OCC(=O)OCC(CC)CCCC)c2c(Cl)c(Cl)ccc12. The standard InChI is InChI=1S/C34H44Cl2O6/c1-5-9-13-23(7-3)19-39-29(37)21-41-33-25-15-11-12-16-26(25)34(31-27(33)17-18-28(35)32(31)36)42-22-30(38)40-20-24(8-4)14-10-6-2/h11-12,15-18,23-24H,5-10,13-14,19-22H2,1-4H3. The Morgan fingerprint density at radius 2 is 1.19 bits per heavy atom. The molecule has 0 amide bonds. The lowest BCUT2D eigenvalue weighted by atomic mass is 10.0. The lowest BCUT2D eigenvalue weighted by Gasteiger charge is -2.19. The van der Waals surface area contributed by atoms with E-state index in [9.17, 15) is 9.59 Å². The van der Waals surface area contributed by atoms with Crippen LogP contribution in [0.25, 0.3) is 21.5 Å². The number of rotatable bonds is 18. The number of carbonyl (C=O) groups is 2. The Morgan fingerprint density at radius 3 is 1.69 bits per heavy atom. The highest BCUT2D eigenvalue weighted by Crippen LogP contribution is 2.47. The van der Waals surface area contributed by atoms with Crippen molar-refractivity contribution in [1.82, 2.24) is 0 Å². The summed E-state index contributed by atoms with van der Waals surface area (Å²) < 4.78 is 23.3. The Balaban J connectivity index is 1.84. The molecule has 2 atom stereocenters. The number of fused-ring (bicyclic) bond motifs is 2. The first kappa shape index (κ1) is 33.8.